The number of fused-ring (bicyclic) bond motifs is 3. The van der Waals surface area contributed by atoms with Crippen molar-refractivity contribution in [2.24, 2.45) is 0 Å². The smallest absolute Gasteiger partial charge is 0.198 e. The number of allylic oxidation sites excluding steroid dienone is 1. The highest BCUT2D eigenvalue weighted by Crippen LogP contribution is 2.41. The van der Waals surface area contributed by atoms with Gasteiger partial charge in [-0.2, -0.15) is 0 Å². The lowest BCUT2D eigenvalue weighted by atomic mass is 9.96. The van der Waals surface area contributed by atoms with Crippen LogP contribution in [0.15, 0.2) is 168 Å². The minimum atomic E-state index is 0.410. The highest BCUT2D eigenvalue weighted by molar-refractivity contribution is 6.06. The zero-order chi connectivity index (χ0) is 31.0. The van der Waals surface area contributed by atoms with Gasteiger partial charge in [-0.3, -0.25) is 0 Å². The van der Waals surface area contributed by atoms with Gasteiger partial charge in [0.1, 0.15) is 5.58 Å². The quantitative estimate of drug-likeness (QED) is 0.209. The number of furan rings is 1. The second kappa shape index (κ2) is 11.5. The van der Waals surface area contributed by atoms with Gasteiger partial charge in [-0.1, -0.05) is 127 Å². The third-order valence-electron chi connectivity index (χ3n) is 8.79. The summed E-state index contributed by atoms with van der Waals surface area (Å²) in [7, 11) is 0. The first-order chi connectivity index (χ1) is 22.6. The Morgan fingerprint density at radius 1 is 0.565 bits per heavy atom. The highest BCUT2D eigenvalue weighted by atomic mass is 16.3. The first-order valence-corrected chi connectivity index (χ1v) is 15.6. The van der Waals surface area contributed by atoms with Gasteiger partial charge < -0.3 is 15.1 Å². The van der Waals surface area contributed by atoms with E-state index in [1.54, 1.807) is 0 Å². The van der Waals surface area contributed by atoms with Crippen molar-refractivity contribution in [3.05, 3.63) is 169 Å². The van der Waals surface area contributed by atoms with Gasteiger partial charge in [0.2, 0.25) is 0 Å². The van der Waals surface area contributed by atoms with Gasteiger partial charge in [0, 0.05) is 27.7 Å². The van der Waals surface area contributed by atoms with Gasteiger partial charge in [-0.25, -0.2) is 0 Å². The summed E-state index contributed by atoms with van der Waals surface area (Å²) in [6, 6.07) is 55.5. The minimum absolute atomic E-state index is 0.410. The molecular formula is C43H32N2O. The summed E-state index contributed by atoms with van der Waals surface area (Å²) in [4.78, 5) is 2.32. The molecule has 1 heterocycles. The number of nitrogens with two attached hydrogens (primary N) is 1. The molecule has 0 saturated heterocycles. The molecule has 8 rings (SSSR count). The van der Waals surface area contributed by atoms with E-state index < -0.39 is 0 Å². The molecule has 7 aromatic carbocycles. The molecule has 0 bridgehead atoms. The van der Waals surface area contributed by atoms with Crippen LogP contribution in [0.1, 0.15) is 12.5 Å². The first kappa shape index (κ1) is 27.5. The van der Waals surface area contributed by atoms with Gasteiger partial charge in [-0.15, -0.1) is 0 Å². The summed E-state index contributed by atoms with van der Waals surface area (Å²) in [6.45, 7) is 2.14. The van der Waals surface area contributed by atoms with Crippen LogP contribution in [0.2, 0.25) is 0 Å². The molecule has 3 heteroatoms. The van der Waals surface area contributed by atoms with Crippen molar-refractivity contribution < 1.29 is 4.42 Å². The van der Waals surface area contributed by atoms with Crippen LogP contribution in [0.3, 0.4) is 0 Å². The number of anilines is 3. The Hall–Kier alpha value is -6.06. The van der Waals surface area contributed by atoms with Crippen LogP contribution in [-0.4, -0.2) is 0 Å². The second-order valence-corrected chi connectivity index (χ2v) is 11.7. The van der Waals surface area contributed by atoms with Crippen molar-refractivity contribution in [3.8, 4) is 22.3 Å². The maximum Gasteiger partial charge on any atom is 0.198 e. The van der Waals surface area contributed by atoms with Crippen LogP contribution in [-0.2, 0) is 0 Å². The summed E-state index contributed by atoms with van der Waals surface area (Å²) < 4.78 is 6.11. The largest absolute Gasteiger partial charge is 0.440 e. The zero-order valence-electron chi connectivity index (χ0n) is 25.5. The Kier molecular flexibility index (Phi) is 6.85. The summed E-state index contributed by atoms with van der Waals surface area (Å²) in [5, 5.41) is 5.64. The molecule has 0 aliphatic rings. The maximum atomic E-state index is 6.57. The Labute approximate surface area is 268 Å². The molecule has 0 aliphatic carbocycles. The lowest BCUT2D eigenvalue weighted by Gasteiger charge is -2.28. The van der Waals surface area contributed by atoms with Crippen LogP contribution in [0, 0.1) is 0 Å². The van der Waals surface area contributed by atoms with Gasteiger partial charge in [0.15, 0.2) is 5.88 Å². The van der Waals surface area contributed by atoms with Crippen molar-refractivity contribution in [1.29, 1.82) is 0 Å². The average Bonchev–Trinajstić information content (AvgIpc) is 3.41. The van der Waals surface area contributed by atoms with E-state index in [-0.39, 0.29) is 0 Å². The van der Waals surface area contributed by atoms with Crippen molar-refractivity contribution in [2.75, 3.05) is 10.6 Å². The van der Waals surface area contributed by atoms with E-state index in [9.17, 15) is 0 Å². The van der Waals surface area contributed by atoms with Crippen LogP contribution >= 0.6 is 0 Å². The molecule has 0 saturated carbocycles. The molecule has 0 spiro atoms. The molecule has 0 unspecified atom stereocenters. The topological polar surface area (TPSA) is 42.4 Å². The summed E-state index contributed by atoms with van der Waals surface area (Å²) in [6.07, 6.45) is 2.15. The number of hydrogen-bond acceptors (Lipinski definition) is 3. The van der Waals surface area contributed by atoms with Crippen molar-refractivity contribution in [2.45, 2.75) is 6.92 Å². The molecule has 0 aliphatic heterocycles. The zero-order valence-corrected chi connectivity index (χ0v) is 25.5. The summed E-state index contributed by atoms with van der Waals surface area (Å²) in [5.74, 6) is 0.410. The summed E-state index contributed by atoms with van der Waals surface area (Å²) >= 11 is 0. The standard InChI is InChI=1S/C43H32N2O/c1-29(26-40-39-27-33-16-8-9-17-34(33)28-42(39)46-43(40)44)45(35-22-20-31(21-23-35)30-12-4-2-5-13-30)41-25-24-36(32-14-6-3-7-15-32)37-18-10-11-19-38(37)41/h2-28H,44H2,1H3/b29-26+. The van der Waals surface area contributed by atoms with Crippen LogP contribution in [0.4, 0.5) is 17.3 Å². The van der Waals surface area contributed by atoms with Gasteiger partial charge in [0.25, 0.3) is 0 Å². The minimum Gasteiger partial charge on any atom is -0.440 e. The molecule has 0 fully saturated rings. The molecule has 3 nitrogen and oxygen atoms in total. The van der Waals surface area contributed by atoms with E-state index in [0.29, 0.717) is 5.88 Å². The highest BCUT2D eigenvalue weighted by Gasteiger charge is 2.19. The fourth-order valence-electron chi connectivity index (χ4n) is 6.56. The van der Waals surface area contributed by atoms with Crippen molar-refractivity contribution in [1.82, 2.24) is 0 Å². The molecule has 220 valence electrons. The number of nitrogens with zero attached hydrogens (tertiary/aromatic N) is 1. The maximum absolute atomic E-state index is 6.57. The predicted octanol–water partition coefficient (Wildman–Crippen LogP) is 11.9. The van der Waals surface area contributed by atoms with Crippen LogP contribution < -0.4 is 10.6 Å². The van der Waals surface area contributed by atoms with Crippen LogP contribution in [0.25, 0.3) is 60.8 Å². The number of benzene rings is 7. The Morgan fingerprint density at radius 3 is 1.87 bits per heavy atom. The Balaban J connectivity index is 1.32. The second-order valence-electron chi connectivity index (χ2n) is 11.7. The number of rotatable bonds is 6. The lowest BCUT2D eigenvalue weighted by molar-refractivity contribution is 0.637. The molecule has 1 aromatic heterocycles. The molecule has 46 heavy (non-hydrogen) atoms. The van der Waals surface area contributed by atoms with Gasteiger partial charge >= 0.3 is 0 Å². The first-order valence-electron chi connectivity index (χ1n) is 15.6. The Bertz CT molecular complexity index is 2370. The van der Waals surface area contributed by atoms with Crippen LogP contribution in [0.5, 0.6) is 0 Å². The van der Waals surface area contributed by atoms with E-state index in [4.69, 9.17) is 10.2 Å². The third-order valence-corrected chi connectivity index (χ3v) is 8.79. The van der Waals surface area contributed by atoms with Crippen molar-refractivity contribution >= 4 is 55.8 Å². The fourth-order valence-corrected chi connectivity index (χ4v) is 6.56. The predicted molar refractivity (Wildman–Crippen MR) is 195 cm³/mol. The van der Waals surface area contributed by atoms with E-state index in [1.807, 2.05) is 12.1 Å². The van der Waals surface area contributed by atoms with E-state index in [2.05, 4.69) is 163 Å². The van der Waals surface area contributed by atoms with Gasteiger partial charge in [-0.05, 0) is 81.7 Å². The number of nitrogen functional groups attached to an aromatic ring is 1. The van der Waals surface area contributed by atoms with Gasteiger partial charge in [0.05, 0.1) is 5.69 Å². The monoisotopic (exact) mass is 592 g/mol. The number of hydrogen-bond donors (Lipinski definition) is 1. The molecule has 0 radical (unpaired) electrons. The lowest BCUT2D eigenvalue weighted by Crippen LogP contribution is -2.15. The fraction of sp³-hybridized carbons (Fsp3) is 0.0233. The molecule has 8 aromatic rings. The van der Waals surface area contributed by atoms with E-state index >= 15 is 0 Å². The molecule has 0 amide bonds. The SMILES string of the molecule is C/C(=C\c1c(N)oc2cc3ccccc3cc12)N(c1ccc(-c2ccccc2)cc1)c1ccc(-c2ccccc2)c2ccccc12. The summed E-state index contributed by atoms with van der Waals surface area (Å²) in [5.41, 5.74) is 16.2. The van der Waals surface area contributed by atoms with Crippen molar-refractivity contribution in [3.63, 3.8) is 0 Å². The average molecular weight is 593 g/mol. The Morgan fingerprint density at radius 2 is 1.15 bits per heavy atom. The molecular weight excluding hydrogens is 560 g/mol. The van der Waals surface area contributed by atoms with E-state index in [1.165, 1.54) is 33.0 Å². The third kappa shape index (κ3) is 4.89. The molecule has 2 N–H and O–H groups in total. The normalized spacial score (nSPS) is 11.8. The van der Waals surface area contributed by atoms with E-state index in [0.717, 1.165) is 44.4 Å². The molecule has 0 atom stereocenters.